The van der Waals surface area contributed by atoms with E-state index in [0.29, 0.717) is 34.1 Å². The molecule has 0 saturated heterocycles. The van der Waals surface area contributed by atoms with Crippen LogP contribution in [0.15, 0.2) is 54.7 Å². The molecular formula is C28H28ClF6N3O3. The smallest absolute Gasteiger partial charge is 0.394 e. The Labute approximate surface area is 237 Å². The van der Waals surface area contributed by atoms with Gasteiger partial charge in [-0.2, -0.15) is 26.3 Å². The number of amides is 1. The highest BCUT2D eigenvalue weighted by Crippen LogP contribution is 2.41. The largest absolute Gasteiger partial charge is 0.416 e. The third-order valence-corrected chi connectivity index (χ3v) is 6.96. The fourth-order valence-electron chi connectivity index (χ4n) is 4.24. The van der Waals surface area contributed by atoms with Crippen molar-refractivity contribution in [3.05, 3.63) is 76.4 Å². The average molecular weight is 604 g/mol. The number of rotatable bonds is 8. The number of hydrogen-bond acceptors (Lipinski definition) is 5. The number of pyridine rings is 1. The molecule has 1 atom stereocenters. The number of aromatic nitrogens is 1. The normalized spacial score (nSPS) is 13.2. The first-order chi connectivity index (χ1) is 18.9. The molecule has 41 heavy (non-hydrogen) atoms. The van der Waals surface area contributed by atoms with Crippen LogP contribution in [0.2, 0.25) is 5.02 Å². The predicted octanol–water partition coefficient (Wildman–Crippen LogP) is 6.17. The summed E-state index contributed by atoms with van der Waals surface area (Å²) in [5.41, 5.74) is -4.33. The molecule has 13 heteroatoms. The van der Waals surface area contributed by atoms with Crippen LogP contribution in [-0.2, 0) is 22.6 Å². The SMILES string of the molecule is CN(CC(O)CO)c1cc(-c2ccccc2Cl)c(N(C)C(=O)C(C)(C)c2cc(C(F)(F)F)cc(C(F)(F)F)c2)cn1. The van der Waals surface area contributed by atoms with Gasteiger partial charge in [-0.15, -0.1) is 0 Å². The molecule has 0 aliphatic heterocycles. The van der Waals surface area contributed by atoms with Gasteiger partial charge in [0.05, 0.1) is 41.1 Å². The molecule has 6 nitrogen and oxygen atoms in total. The summed E-state index contributed by atoms with van der Waals surface area (Å²) in [6.07, 6.45) is -9.90. The molecule has 222 valence electrons. The van der Waals surface area contributed by atoms with Crippen LogP contribution in [0.3, 0.4) is 0 Å². The van der Waals surface area contributed by atoms with Crippen molar-refractivity contribution >= 4 is 29.0 Å². The maximum Gasteiger partial charge on any atom is 0.416 e. The topological polar surface area (TPSA) is 76.9 Å². The minimum absolute atomic E-state index is 0.0101. The van der Waals surface area contributed by atoms with Gasteiger partial charge in [-0.05, 0) is 49.7 Å². The highest BCUT2D eigenvalue weighted by molar-refractivity contribution is 6.33. The molecule has 3 rings (SSSR count). The van der Waals surface area contributed by atoms with Crippen LogP contribution in [0.25, 0.3) is 11.1 Å². The van der Waals surface area contributed by atoms with Crippen LogP contribution >= 0.6 is 11.6 Å². The number of alkyl halides is 6. The molecule has 0 fully saturated rings. The number of hydrogen-bond donors (Lipinski definition) is 2. The third-order valence-electron chi connectivity index (χ3n) is 6.63. The predicted molar refractivity (Wildman–Crippen MR) is 144 cm³/mol. The maximum atomic E-state index is 13.8. The van der Waals surface area contributed by atoms with Gasteiger partial charge in [0.15, 0.2) is 0 Å². The Hall–Kier alpha value is -3.35. The van der Waals surface area contributed by atoms with E-state index in [1.54, 1.807) is 42.3 Å². The number of likely N-dealkylation sites (N-methyl/N-ethyl adjacent to an activating group) is 2. The zero-order valence-corrected chi connectivity index (χ0v) is 23.2. The number of nitrogens with zero attached hydrogens (tertiary/aromatic N) is 3. The molecule has 1 aromatic heterocycles. The molecular weight excluding hydrogens is 576 g/mol. The van der Waals surface area contributed by atoms with Crippen LogP contribution in [0, 0.1) is 0 Å². The van der Waals surface area contributed by atoms with Crippen LogP contribution in [-0.4, -0.2) is 54.5 Å². The summed E-state index contributed by atoms with van der Waals surface area (Å²) in [7, 11) is 2.94. The van der Waals surface area contributed by atoms with Gasteiger partial charge in [0.2, 0.25) is 5.91 Å². The van der Waals surface area contributed by atoms with Crippen molar-refractivity contribution < 1.29 is 41.4 Å². The second kappa shape index (κ2) is 11.9. The summed E-state index contributed by atoms with van der Waals surface area (Å²) in [6, 6.07) is 9.31. The van der Waals surface area contributed by atoms with Gasteiger partial charge in [-0.1, -0.05) is 29.8 Å². The van der Waals surface area contributed by atoms with E-state index in [2.05, 4.69) is 4.98 Å². The fourth-order valence-corrected chi connectivity index (χ4v) is 4.48. The number of benzene rings is 2. The quantitative estimate of drug-likeness (QED) is 0.301. The van der Waals surface area contributed by atoms with Crippen molar-refractivity contribution in [2.24, 2.45) is 0 Å². The molecule has 1 amide bonds. The Morgan fingerprint density at radius 2 is 1.46 bits per heavy atom. The summed E-state index contributed by atoms with van der Waals surface area (Å²) >= 11 is 6.44. The first-order valence-electron chi connectivity index (χ1n) is 12.2. The van der Waals surface area contributed by atoms with E-state index >= 15 is 0 Å². The lowest BCUT2D eigenvalue weighted by atomic mass is 9.81. The highest BCUT2D eigenvalue weighted by Gasteiger charge is 2.41. The molecule has 0 aliphatic rings. The second-order valence-electron chi connectivity index (χ2n) is 10.0. The average Bonchev–Trinajstić information content (AvgIpc) is 2.90. The van der Waals surface area contributed by atoms with E-state index in [1.165, 1.54) is 27.1 Å². The van der Waals surface area contributed by atoms with E-state index in [4.69, 9.17) is 11.6 Å². The van der Waals surface area contributed by atoms with Crippen molar-refractivity contribution in [2.75, 3.05) is 37.0 Å². The second-order valence-corrected chi connectivity index (χ2v) is 10.4. The number of carbonyl (C=O) groups is 1. The molecule has 3 aromatic rings. The van der Waals surface area contributed by atoms with E-state index in [0.717, 1.165) is 4.90 Å². The Morgan fingerprint density at radius 1 is 0.927 bits per heavy atom. The monoisotopic (exact) mass is 603 g/mol. The van der Waals surface area contributed by atoms with E-state index in [1.807, 2.05) is 0 Å². The number of carbonyl (C=O) groups excluding carboxylic acids is 1. The van der Waals surface area contributed by atoms with Crippen LogP contribution in [0.4, 0.5) is 37.8 Å². The Bertz CT molecular complexity index is 1380. The molecule has 2 aromatic carbocycles. The Kier molecular flexibility index (Phi) is 9.31. The van der Waals surface area contributed by atoms with Crippen molar-refractivity contribution in [1.82, 2.24) is 4.98 Å². The van der Waals surface area contributed by atoms with Gasteiger partial charge >= 0.3 is 12.4 Å². The minimum Gasteiger partial charge on any atom is -0.394 e. The molecule has 0 radical (unpaired) electrons. The van der Waals surface area contributed by atoms with Gasteiger partial charge in [-0.3, -0.25) is 4.79 Å². The summed E-state index contributed by atoms with van der Waals surface area (Å²) in [5, 5.41) is 19.3. The summed E-state index contributed by atoms with van der Waals surface area (Å²) in [4.78, 5) is 20.8. The molecule has 0 bridgehead atoms. The number of aliphatic hydroxyl groups excluding tert-OH is 2. The van der Waals surface area contributed by atoms with E-state index in [-0.39, 0.29) is 18.3 Å². The molecule has 0 spiro atoms. The van der Waals surface area contributed by atoms with Crippen LogP contribution in [0.1, 0.15) is 30.5 Å². The van der Waals surface area contributed by atoms with Gasteiger partial charge in [-0.25, -0.2) is 4.98 Å². The summed E-state index contributed by atoms with van der Waals surface area (Å²) in [5.74, 6) is -0.471. The molecule has 2 N–H and O–H groups in total. The third kappa shape index (κ3) is 7.11. The highest BCUT2D eigenvalue weighted by atomic mass is 35.5. The molecule has 1 heterocycles. The van der Waals surface area contributed by atoms with Crippen molar-refractivity contribution in [3.63, 3.8) is 0 Å². The molecule has 1 unspecified atom stereocenters. The minimum atomic E-state index is -5.08. The lowest BCUT2D eigenvalue weighted by molar-refractivity contribution is -0.143. The van der Waals surface area contributed by atoms with Crippen molar-refractivity contribution in [1.29, 1.82) is 0 Å². The van der Waals surface area contributed by atoms with Crippen LogP contribution < -0.4 is 9.80 Å². The van der Waals surface area contributed by atoms with Gasteiger partial charge in [0.25, 0.3) is 0 Å². The van der Waals surface area contributed by atoms with E-state index in [9.17, 15) is 41.4 Å². The van der Waals surface area contributed by atoms with Gasteiger partial charge in [0, 0.05) is 36.8 Å². The standard InChI is InChI=1S/C28H28ClF6N3O3/c1-26(2,16-9-17(27(30,31)32)11-18(10-16)28(33,34)35)25(41)38(4)23-13-36-24(37(3)14-19(40)15-39)12-21(23)20-7-5-6-8-22(20)29/h5-13,19,39-40H,14-15H2,1-4H3. The van der Waals surface area contributed by atoms with Crippen molar-refractivity contribution in [3.8, 4) is 11.1 Å². The molecule has 0 aliphatic carbocycles. The molecule has 0 saturated carbocycles. The maximum absolute atomic E-state index is 13.8. The Balaban J connectivity index is 2.14. The summed E-state index contributed by atoms with van der Waals surface area (Å²) in [6.45, 7) is 2.01. The lowest BCUT2D eigenvalue weighted by Gasteiger charge is -2.32. The number of anilines is 2. The summed E-state index contributed by atoms with van der Waals surface area (Å²) < 4.78 is 81.1. The number of aliphatic hydroxyl groups is 2. The van der Waals surface area contributed by atoms with Gasteiger partial charge in [0.1, 0.15) is 5.82 Å². The van der Waals surface area contributed by atoms with Crippen LogP contribution in [0.5, 0.6) is 0 Å². The first kappa shape index (κ1) is 32.2. The first-order valence-corrected chi connectivity index (χ1v) is 12.6. The fraction of sp³-hybridized carbons (Fsp3) is 0.357. The Morgan fingerprint density at radius 3 is 1.98 bits per heavy atom. The number of halogens is 7. The zero-order chi connectivity index (χ0) is 30.9. The lowest BCUT2D eigenvalue weighted by Crippen LogP contribution is -2.42. The zero-order valence-electron chi connectivity index (χ0n) is 22.5. The van der Waals surface area contributed by atoms with Gasteiger partial charge < -0.3 is 20.0 Å². The van der Waals surface area contributed by atoms with Crippen molar-refractivity contribution in [2.45, 2.75) is 37.7 Å². The van der Waals surface area contributed by atoms with E-state index < -0.39 is 53.1 Å².